The second kappa shape index (κ2) is 12.4. The minimum atomic E-state index is -0.532. The van der Waals surface area contributed by atoms with Crippen molar-refractivity contribution in [3.8, 4) is 67.8 Å². The van der Waals surface area contributed by atoms with Gasteiger partial charge in [0, 0.05) is 16.7 Å². The van der Waals surface area contributed by atoms with E-state index in [-0.39, 0.29) is 0 Å². The van der Waals surface area contributed by atoms with Crippen LogP contribution in [0.1, 0.15) is 22.3 Å². The predicted octanol–water partition coefficient (Wildman–Crippen LogP) is 13.5. The van der Waals surface area contributed by atoms with Crippen molar-refractivity contribution in [2.75, 3.05) is 0 Å². The van der Waals surface area contributed by atoms with Crippen molar-refractivity contribution >= 4 is 10.8 Å². The normalized spacial score (nSPS) is 13.2. The first-order valence-corrected chi connectivity index (χ1v) is 18.7. The van der Waals surface area contributed by atoms with Crippen LogP contribution in [-0.2, 0) is 5.41 Å². The standard InChI is InChI=1S/C52H33NO2/c1-4-15-35(16-5-1)45-31-39(37-25-24-34-14-10-11-17-36(34)30-37)32-46(53-45)38-26-28-47-49(33-38)55-51-48(54-47)29-27-44-50(51)42-22-12-13-23-43(42)52(44,40-18-6-2-7-19-40)41-20-8-3-9-21-41/h1-33H. The molecule has 0 saturated carbocycles. The molecule has 1 aliphatic heterocycles. The van der Waals surface area contributed by atoms with Crippen molar-refractivity contribution in [1.82, 2.24) is 4.98 Å². The molecule has 9 aromatic rings. The van der Waals surface area contributed by atoms with E-state index in [0.29, 0.717) is 17.2 Å². The molecule has 0 atom stereocenters. The van der Waals surface area contributed by atoms with Gasteiger partial charge in [-0.3, -0.25) is 0 Å². The van der Waals surface area contributed by atoms with E-state index in [9.17, 15) is 0 Å². The molecule has 3 heteroatoms. The number of nitrogens with zero attached hydrogens (tertiary/aromatic N) is 1. The lowest BCUT2D eigenvalue weighted by Gasteiger charge is -2.34. The fourth-order valence-electron chi connectivity index (χ4n) is 8.69. The second-order valence-corrected chi connectivity index (χ2v) is 14.3. The van der Waals surface area contributed by atoms with E-state index in [1.165, 1.54) is 33.0 Å². The van der Waals surface area contributed by atoms with Gasteiger partial charge in [0.1, 0.15) is 0 Å². The Morgan fingerprint density at radius 2 is 0.982 bits per heavy atom. The van der Waals surface area contributed by atoms with Crippen LogP contribution in [0.15, 0.2) is 200 Å². The van der Waals surface area contributed by atoms with Gasteiger partial charge in [-0.25, -0.2) is 4.98 Å². The molecule has 0 bridgehead atoms. The van der Waals surface area contributed by atoms with Crippen molar-refractivity contribution in [3.05, 3.63) is 222 Å². The first-order valence-electron chi connectivity index (χ1n) is 18.7. The molecule has 55 heavy (non-hydrogen) atoms. The molecule has 1 aromatic heterocycles. The lowest BCUT2D eigenvalue weighted by molar-refractivity contribution is 0.360. The largest absolute Gasteiger partial charge is 0.449 e. The molecule has 0 radical (unpaired) electrons. The summed E-state index contributed by atoms with van der Waals surface area (Å²) in [6, 6.07) is 70.6. The van der Waals surface area contributed by atoms with E-state index >= 15 is 0 Å². The van der Waals surface area contributed by atoms with Gasteiger partial charge in [0.15, 0.2) is 23.0 Å². The molecular formula is C52H33NO2. The minimum Gasteiger partial charge on any atom is -0.449 e. The van der Waals surface area contributed by atoms with Crippen molar-refractivity contribution in [2.24, 2.45) is 0 Å². The molecule has 8 aromatic carbocycles. The number of aromatic nitrogens is 1. The van der Waals surface area contributed by atoms with Gasteiger partial charge in [-0.2, -0.15) is 0 Å². The van der Waals surface area contributed by atoms with E-state index in [0.717, 1.165) is 50.5 Å². The minimum absolute atomic E-state index is 0.532. The second-order valence-electron chi connectivity index (χ2n) is 14.3. The predicted molar refractivity (Wildman–Crippen MR) is 222 cm³/mol. The molecular weight excluding hydrogens is 671 g/mol. The summed E-state index contributed by atoms with van der Waals surface area (Å²) in [6.45, 7) is 0. The average molecular weight is 704 g/mol. The fraction of sp³-hybridized carbons (Fsp3) is 0.0192. The number of ether oxygens (including phenoxy) is 2. The van der Waals surface area contributed by atoms with Crippen LogP contribution in [0.3, 0.4) is 0 Å². The summed E-state index contributed by atoms with van der Waals surface area (Å²) in [5.41, 5.74) is 12.5. The highest BCUT2D eigenvalue weighted by atomic mass is 16.6. The number of benzene rings is 8. The van der Waals surface area contributed by atoms with Crippen LogP contribution in [0.5, 0.6) is 23.0 Å². The van der Waals surface area contributed by atoms with Crippen molar-refractivity contribution in [2.45, 2.75) is 5.41 Å². The van der Waals surface area contributed by atoms with Crippen LogP contribution in [0.4, 0.5) is 0 Å². The van der Waals surface area contributed by atoms with Gasteiger partial charge in [0.2, 0.25) is 0 Å². The van der Waals surface area contributed by atoms with Crippen molar-refractivity contribution in [3.63, 3.8) is 0 Å². The van der Waals surface area contributed by atoms with Crippen molar-refractivity contribution < 1.29 is 9.47 Å². The third kappa shape index (κ3) is 4.94. The Labute approximate surface area is 319 Å². The molecule has 0 unspecified atom stereocenters. The maximum atomic E-state index is 7.03. The maximum absolute atomic E-state index is 7.03. The molecule has 0 amide bonds. The molecule has 3 nitrogen and oxygen atoms in total. The Balaban J connectivity index is 1.06. The van der Waals surface area contributed by atoms with E-state index in [1.807, 2.05) is 12.1 Å². The molecule has 258 valence electrons. The van der Waals surface area contributed by atoms with Crippen LogP contribution in [0.25, 0.3) is 55.5 Å². The summed E-state index contributed by atoms with van der Waals surface area (Å²) >= 11 is 0. The zero-order valence-electron chi connectivity index (χ0n) is 29.8. The number of hydrogen-bond donors (Lipinski definition) is 0. The van der Waals surface area contributed by atoms with E-state index in [2.05, 4.69) is 188 Å². The van der Waals surface area contributed by atoms with Crippen LogP contribution >= 0.6 is 0 Å². The smallest absolute Gasteiger partial charge is 0.178 e. The summed E-state index contributed by atoms with van der Waals surface area (Å²) in [7, 11) is 0. The molecule has 0 fully saturated rings. The van der Waals surface area contributed by atoms with Gasteiger partial charge >= 0.3 is 0 Å². The van der Waals surface area contributed by atoms with Gasteiger partial charge in [-0.1, -0.05) is 158 Å². The van der Waals surface area contributed by atoms with E-state index in [4.69, 9.17) is 14.5 Å². The molecule has 2 aliphatic rings. The monoisotopic (exact) mass is 703 g/mol. The Bertz CT molecular complexity index is 2880. The van der Waals surface area contributed by atoms with E-state index in [1.54, 1.807) is 0 Å². The summed E-state index contributed by atoms with van der Waals surface area (Å²) in [4.78, 5) is 5.23. The number of hydrogen-bond acceptors (Lipinski definition) is 3. The molecule has 0 spiro atoms. The van der Waals surface area contributed by atoms with Gasteiger partial charge in [-0.05, 0) is 92.2 Å². The average Bonchev–Trinajstić information content (AvgIpc) is 3.57. The van der Waals surface area contributed by atoms with E-state index < -0.39 is 5.41 Å². The Morgan fingerprint density at radius 3 is 1.75 bits per heavy atom. The van der Waals surface area contributed by atoms with Gasteiger partial charge < -0.3 is 9.47 Å². The number of rotatable bonds is 5. The van der Waals surface area contributed by atoms with Crippen LogP contribution in [-0.4, -0.2) is 4.98 Å². The number of fused-ring (bicyclic) bond motifs is 7. The Kier molecular flexibility index (Phi) is 7.08. The number of pyridine rings is 1. The lowest BCUT2D eigenvalue weighted by Crippen LogP contribution is -2.28. The quantitative estimate of drug-likeness (QED) is 0.179. The molecule has 2 heterocycles. The Hall–Kier alpha value is -7.23. The Morgan fingerprint density at radius 1 is 0.364 bits per heavy atom. The first-order chi connectivity index (χ1) is 27.2. The summed E-state index contributed by atoms with van der Waals surface area (Å²) < 4.78 is 13.7. The lowest BCUT2D eigenvalue weighted by atomic mass is 9.68. The third-order valence-electron chi connectivity index (χ3n) is 11.2. The van der Waals surface area contributed by atoms with Crippen LogP contribution < -0.4 is 9.47 Å². The molecule has 0 saturated heterocycles. The highest BCUT2D eigenvalue weighted by Crippen LogP contribution is 2.62. The third-order valence-corrected chi connectivity index (χ3v) is 11.2. The topological polar surface area (TPSA) is 31.4 Å². The highest BCUT2D eigenvalue weighted by molar-refractivity contribution is 5.92. The van der Waals surface area contributed by atoms with Gasteiger partial charge in [0.05, 0.1) is 16.8 Å². The van der Waals surface area contributed by atoms with Gasteiger partial charge in [0.25, 0.3) is 0 Å². The SMILES string of the molecule is c1ccc(-c2cc(-c3ccc4ccccc4c3)cc(-c3ccc4c(c3)Oc3c(ccc5c3-c3ccccc3C5(c3ccccc3)c3ccccc3)O4)n2)cc1. The molecule has 0 N–H and O–H groups in total. The molecule has 11 rings (SSSR count). The van der Waals surface area contributed by atoms with Gasteiger partial charge in [-0.15, -0.1) is 0 Å². The summed E-state index contributed by atoms with van der Waals surface area (Å²) in [6.07, 6.45) is 0. The molecule has 1 aliphatic carbocycles. The summed E-state index contributed by atoms with van der Waals surface area (Å²) in [5.74, 6) is 2.76. The van der Waals surface area contributed by atoms with Crippen LogP contribution in [0, 0.1) is 0 Å². The highest BCUT2D eigenvalue weighted by Gasteiger charge is 2.48. The fourth-order valence-corrected chi connectivity index (χ4v) is 8.69. The van der Waals surface area contributed by atoms with Crippen LogP contribution in [0.2, 0.25) is 0 Å². The maximum Gasteiger partial charge on any atom is 0.178 e. The first kappa shape index (κ1) is 31.3. The zero-order valence-corrected chi connectivity index (χ0v) is 29.8. The summed E-state index contributed by atoms with van der Waals surface area (Å²) in [5, 5.41) is 2.42. The van der Waals surface area contributed by atoms with Crippen molar-refractivity contribution in [1.29, 1.82) is 0 Å². The zero-order chi connectivity index (χ0) is 36.3.